The van der Waals surface area contributed by atoms with Crippen LogP contribution in [0.2, 0.25) is 0 Å². The molecule has 0 bridgehead atoms. The molecule has 1 atom stereocenters. The molecule has 1 unspecified atom stereocenters. The Labute approximate surface area is 126 Å². The average Bonchev–Trinajstić information content (AvgIpc) is 2.80. The van der Waals surface area contributed by atoms with Gasteiger partial charge in [0.1, 0.15) is 0 Å². The van der Waals surface area contributed by atoms with Crippen molar-refractivity contribution in [3.8, 4) is 0 Å². The number of aromatic nitrogens is 3. The number of hydrogen-bond donors (Lipinski definition) is 1. The normalized spacial score (nSPS) is 12.8. The highest BCUT2D eigenvalue weighted by Gasteiger charge is 2.16. The summed E-state index contributed by atoms with van der Waals surface area (Å²) in [5, 5.41) is 0.600. The summed E-state index contributed by atoms with van der Waals surface area (Å²) in [6.07, 6.45) is 1.69. The van der Waals surface area contributed by atoms with Crippen LogP contribution in [0.3, 0.4) is 0 Å². The van der Waals surface area contributed by atoms with Crippen LogP contribution in [0.15, 0.2) is 35.5 Å². The maximum Gasteiger partial charge on any atom is 0.245 e. The van der Waals surface area contributed by atoms with Gasteiger partial charge in [-0.25, -0.2) is 9.97 Å². The third kappa shape index (κ3) is 2.94. The summed E-state index contributed by atoms with van der Waals surface area (Å²) in [5.74, 6) is 1.08. The van der Waals surface area contributed by atoms with E-state index in [-0.39, 0.29) is 0 Å². The van der Waals surface area contributed by atoms with E-state index in [9.17, 15) is 4.55 Å². The average molecular weight is 299 g/mol. The Balaban J connectivity index is 1.87. The zero-order chi connectivity index (χ0) is 15.0. The van der Waals surface area contributed by atoms with E-state index < -0.39 is 11.2 Å². The minimum absolute atomic E-state index is 0.350. The van der Waals surface area contributed by atoms with Crippen LogP contribution in [0, 0.1) is 20.8 Å². The molecule has 21 heavy (non-hydrogen) atoms. The van der Waals surface area contributed by atoms with E-state index in [4.69, 9.17) is 0 Å². The zero-order valence-corrected chi connectivity index (χ0v) is 13.1. The van der Waals surface area contributed by atoms with Gasteiger partial charge in [-0.1, -0.05) is 0 Å². The number of H-pyrrole nitrogens is 1. The van der Waals surface area contributed by atoms with E-state index in [1.165, 1.54) is 11.1 Å². The summed E-state index contributed by atoms with van der Waals surface area (Å²) in [6.45, 7) is 6.11. The van der Waals surface area contributed by atoms with E-state index in [0.717, 1.165) is 22.4 Å². The van der Waals surface area contributed by atoms with E-state index in [1.807, 2.05) is 19.1 Å². The Morgan fingerprint density at radius 1 is 1.14 bits per heavy atom. The standard InChI is InChI=1S/C16H17N3OS/c1-10-4-5-17-16(6-10)21(20)9-15-18-13-7-11(2)12(3)8-14(13)19-15/h4-8H,9H2,1-3H3,(H,18,19). The Bertz CT molecular complexity index is 758. The number of aryl methyl sites for hydroxylation is 3. The number of rotatable bonds is 3. The lowest BCUT2D eigenvalue weighted by atomic mass is 10.1. The summed E-state index contributed by atoms with van der Waals surface area (Å²) < 4.78 is 12.4. The molecule has 4 nitrogen and oxygen atoms in total. The van der Waals surface area contributed by atoms with Gasteiger partial charge < -0.3 is 9.54 Å². The highest BCUT2D eigenvalue weighted by atomic mass is 32.2. The van der Waals surface area contributed by atoms with Crippen molar-refractivity contribution in [3.05, 3.63) is 53.0 Å². The molecular weight excluding hydrogens is 282 g/mol. The molecule has 0 spiro atoms. The van der Waals surface area contributed by atoms with E-state index >= 15 is 0 Å². The van der Waals surface area contributed by atoms with Crippen molar-refractivity contribution in [2.75, 3.05) is 0 Å². The van der Waals surface area contributed by atoms with E-state index in [0.29, 0.717) is 10.8 Å². The second-order valence-electron chi connectivity index (χ2n) is 5.30. The first-order valence-electron chi connectivity index (χ1n) is 6.80. The largest absolute Gasteiger partial charge is 0.610 e. The van der Waals surface area contributed by atoms with Crippen molar-refractivity contribution < 1.29 is 4.55 Å². The van der Waals surface area contributed by atoms with Crippen LogP contribution in [0.25, 0.3) is 11.0 Å². The number of aromatic amines is 1. The first kappa shape index (κ1) is 14.1. The topological polar surface area (TPSA) is 64.6 Å². The number of imidazole rings is 1. The highest BCUT2D eigenvalue weighted by Crippen LogP contribution is 2.20. The molecule has 0 amide bonds. The molecule has 2 heterocycles. The van der Waals surface area contributed by atoms with Gasteiger partial charge >= 0.3 is 0 Å². The maximum absolute atomic E-state index is 12.4. The van der Waals surface area contributed by atoms with Crippen LogP contribution < -0.4 is 0 Å². The fourth-order valence-corrected chi connectivity index (χ4v) is 3.25. The van der Waals surface area contributed by atoms with Crippen LogP contribution >= 0.6 is 0 Å². The minimum atomic E-state index is -1.19. The fourth-order valence-electron chi connectivity index (χ4n) is 2.22. The van der Waals surface area contributed by atoms with Crippen molar-refractivity contribution in [2.24, 2.45) is 0 Å². The SMILES string of the molecule is Cc1ccnc([S+]([O-])Cc2nc3cc(C)c(C)cc3[nH]2)c1. The predicted molar refractivity (Wildman–Crippen MR) is 84.7 cm³/mol. The van der Waals surface area contributed by atoms with Crippen LogP contribution in [0.1, 0.15) is 22.5 Å². The molecule has 0 aliphatic carbocycles. The van der Waals surface area contributed by atoms with Gasteiger partial charge in [0, 0.05) is 23.4 Å². The molecule has 1 aromatic carbocycles. The number of hydrogen-bond acceptors (Lipinski definition) is 3. The number of nitrogens with zero attached hydrogens (tertiary/aromatic N) is 2. The highest BCUT2D eigenvalue weighted by molar-refractivity contribution is 7.90. The van der Waals surface area contributed by atoms with Crippen molar-refractivity contribution >= 4 is 22.2 Å². The number of benzene rings is 1. The van der Waals surface area contributed by atoms with Crippen LogP contribution in [-0.2, 0) is 16.9 Å². The quantitative estimate of drug-likeness (QED) is 0.755. The molecule has 1 N–H and O–H groups in total. The lowest BCUT2D eigenvalue weighted by Crippen LogP contribution is -2.08. The number of nitrogens with one attached hydrogen (secondary N) is 1. The molecule has 0 fully saturated rings. The molecule has 2 aromatic heterocycles. The maximum atomic E-state index is 12.4. The zero-order valence-electron chi connectivity index (χ0n) is 12.3. The molecular formula is C16H17N3OS. The molecule has 0 saturated heterocycles. The molecule has 0 aliphatic heterocycles. The number of fused-ring (bicyclic) bond motifs is 1. The summed E-state index contributed by atoms with van der Waals surface area (Å²) in [4.78, 5) is 11.9. The molecule has 0 radical (unpaired) electrons. The monoisotopic (exact) mass is 299 g/mol. The second-order valence-corrected chi connectivity index (χ2v) is 6.70. The lowest BCUT2D eigenvalue weighted by Gasteiger charge is -2.07. The summed E-state index contributed by atoms with van der Waals surface area (Å²) in [5.41, 5.74) is 5.40. The van der Waals surface area contributed by atoms with Crippen molar-refractivity contribution in [2.45, 2.75) is 31.6 Å². The second kappa shape index (κ2) is 5.50. The molecule has 5 heteroatoms. The minimum Gasteiger partial charge on any atom is -0.610 e. The van der Waals surface area contributed by atoms with Gasteiger partial charge in [-0.2, -0.15) is 0 Å². The Kier molecular flexibility index (Phi) is 3.69. The van der Waals surface area contributed by atoms with Crippen LogP contribution in [-0.4, -0.2) is 19.5 Å². The van der Waals surface area contributed by atoms with Gasteiger partial charge in [0.2, 0.25) is 5.03 Å². The predicted octanol–water partition coefficient (Wildman–Crippen LogP) is 3.19. The molecule has 108 valence electrons. The smallest absolute Gasteiger partial charge is 0.245 e. The molecule has 3 aromatic rings. The van der Waals surface area contributed by atoms with Gasteiger partial charge in [0.25, 0.3) is 0 Å². The first-order valence-corrected chi connectivity index (χ1v) is 8.12. The van der Waals surface area contributed by atoms with Gasteiger partial charge in [-0.05, 0) is 55.7 Å². The van der Waals surface area contributed by atoms with Crippen molar-refractivity contribution in [1.82, 2.24) is 15.0 Å². The molecule has 3 rings (SSSR count). The van der Waals surface area contributed by atoms with Crippen LogP contribution in [0.4, 0.5) is 0 Å². The third-order valence-electron chi connectivity index (χ3n) is 3.54. The van der Waals surface area contributed by atoms with Crippen molar-refractivity contribution in [1.29, 1.82) is 0 Å². The summed E-state index contributed by atoms with van der Waals surface area (Å²) in [6, 6.07) is 7.88. The summed E-state index contributed by atoms with van der Waals surface area (Å²) >= 11 is -1.19. The Morgan fingerprint density at radius 2 is 1.90 bits per heavy atom. The fraction of sp³-hybridized carbons (Fsp3) is 0.250. The molecule has 0 aliphatic rings. The van der Waals surface area contributed by atoms with Gasteiger partial charge in [-0.3, -0.25) is 0 Å². The Hall–Kier alpha value is -1.85. The Morgan fingerprint density at radius 3 is 2.67 bits per heavy atom. The van der Waals surface area contributed by atoms with Gasteiger partial charge in [0.15, 0.2) is 11.6 Å². The van der Waals surface area contributed by atoms with E-state index in [2.05, 4.69) is 40.9 Å². The van der Waals surface area contributed by atoms with Gasteiger partial charge in [0.05, 0.1) is 11.0 Å². The van der Waals surface area contributed by atoms with Crippen LogP contribution in [0.5, 0.6) is 0 Å². The van der Waals surface area contributed by atoms with Crippen molar-refractivity contribution in [3.63, 3.8) is 0 Å². The molecule has 0 saturated carbocycles. The number of pyridine rings is 1. The summed E-state index contributed by atoms with van der Waals surface area (Å²) in [7, 11) is 0. The lowest BCUT2D eigenvalue weighted by molar-refractivity contribution is 0.589. The first-order chi connectivity index (χ1) is 10.0. The third-order valence-corrected chi connectivity index (χ3v) is 4.76. The van der Waals surface area contributed by atoms with Gasteiger partial charge in [-0.15, -0.1) is 0 Å². The van der Waals surface area contributed by atoms with E-state index in [1.54, 1.807) is 6.20 Å².